The molecule has 0 bridgehead atoms. The van der Waals surface area contributed by atoms with Gasteiger partial charge in [-0.2, -0.15) is 0 Å². The van der Waals surface area contributed by atoms with Gasteiger partial charge in [-0.25, -0.2) is 0 Å². The summed E-state index contributed by atoms with van der Waals surface area (Å²) in [6, 6.07) is 12.9. The van der Waals surface area contributed by atoms with E-state index in [1.54, 1.807) is 0 Å². The highest BCUT2D eigenvalue weighted by molar-refractivity contribution is 5.59. The van der Waals surface area contributed by atoms with Crippen molar-refractivity contribution in [2.24, 2.45) is 0 Å². The van der Waals surface area contributed by atoms with Crippen molar-refractivity contribution < 1.29 is 9.47 Å². The Kier molecular flexibility index (Phi) is 12.9. The van der Waals surface area contributed by atoms with Crippen LogP contribution in [0.2, 0.25) is 0 Å². The summed E-state index contributed by atoms with van der Waals surface area (Å²) in [5, 5.41) is 0. The third-order valence-corrected chi connectivity index (χ3v) is 5.36. The Hall–Kier alpha value is -1.87. The minimum atomic E-state index is 0.712. The number of unbranched alkanes of at least 4 members (excludes halogenated alkanes) is 7. The molecule has 1 aromatic heterocycles. The Bertz CT molecular complexity index is 592. The summed E-state index contributed by atoms with van der Waals surface area (Å²) < 4.78 is 11.3. The van der Waals surface area contributed by atoms with Crippen LogP contribution in [0.15, 0.2) is 42.6 Å². The third kappa shape index (κ3) is 10.2. The lowest BCUT2D eigenvalue weighted by Crippen LogP contribution is -2.01. The molecule has 2 aromatic rings. The van der Waals surface area contributed by atoms with E-state index < -0.39 is 0 Å². The monoisotopic (exact) mass is 411 g/mol. The van der Waals surface area contributed by atoms with Crippen molar-refractivity contribution in [3.8, 4) is 17.0 Å². The second-order valence-electron chi connectivity index (χ2n) is 8.12. The molecule has 0 fully saturated rings. The number of pyridine rings is 1. The number of ether oxygens (including phenoxy) is 2. The Morgan fingerprint density at radius 3 is 2.10 bits per heavy atom. The fourth-order valence-electron chi connectivity index (χ4n) is 3.51. The van der Waals surface area contributed by atoms with Crippen LogP contribution in [-0.4, -0.2) is 24.8 Å². The first-order valence-electron chi connectivity index (χ1n) is 12.1. The summed E-state index contributed by atoms with van der Waals surface area (Å²) in [6.45, 7) is 6.79. The molecule has 0 aliphatic rings. The zero-order valence-corrected chi connectivity index (χ0v) is 19.2. The SMILES string of the molecule is CCCCCCCCCc1ccc(-c2ccc(OCCCCOCCC)cn2)cc1. The fraction of sp³-hybridized carbons (Fsp3) is 0.593. The Morgan fingerprint density at radius 1 is 0.667 bits per heavy atom. The van der Waals surface area contributed by atoms with Crippen molar-refractivity contribution in [1.82, 2.24) is 4.98 Å². The Morgan fingerprint density at radius 2 is 1.40 bits per heavy atom. The summed E-state index contributed by atoms with van der Waals surface area (Å²) in [5.74, 6) is 0.837. The number of hydrogen-bond acceptors (Lipinski definition) is 3. The zero-order chi connectivity index (χ0) is 21.3. The van der Waals surface area contributed by atoms with Crippen LogP contribution in [0, 0.1) is 0 Å². The van der Waals surface area contributed by atoms with Crippen LogP contribution in [0.3, 0.4) is 0 Å². The highest BCUT2D eigenvalue weighted by atomic mass is 16.5. The normalized spacial score (nSPS) is 11.0. The maximum absolute atomic E-state index is 5.79. The number of aromatic nitrogens is 1. The molecule has 2 rings (SSSR count). The van der Waals surface area contributed by atoms with Gasteiger partial charge < -0.3 is 9.47 Å². The van der Waals surface area contributed by atoms with E-state index in [-0.39, 0.29) is 0 Å². The molecule has 30 heavy (non-hydrogen) atoms. The highest BCUT2D eigenvalue weighted by Crippen LogP contribution is 2.21. The van der Waals surface area contributed by atoms with Gasteiger partial charge in [-0.3, -0.25) is 4.98 Å². The largest absolute Gasteiger partial charge is 0.492 e. The molecule has 0 amide bonds. The molecule has 1 heterocycles. The molecule has 3 nitrogen and oxygen atoms in total. The molecule has 0 N–H and O–H groups in total. The van der Waals surface area contributed by atoms with E-state index >= 15 is 0 Å². The summed E-state index contributed by atoms with van der Waals surface area (Å²) >= 11 is 0. The van der Waals surface area contributed by atoms with Crippen molar-refractivity contribution in [3.05, 3.63) is 48.2 Å². The van der Waals surface area contributed by atoms with Crippen LogP contribution in [0.4, 0.5) is 0 Å². The second kappa shape index (κ2) is 15.9. The molecule has 0 atom stereocenters. The summed E-state index contributed by atoms with van der Waals surface area (Å²) in [4.78, 5) is 4.58. The van der Waals surface area contributed by atoms with Crippen molar-refractivity contribution in [3.63, 3.8) is 0 Å². The van der Waals surface area contributed by atoms with Gasteiger partial charge in [0.25, 0.3) is 0 Å². The Balaban J connectivity index is 1.65. The van der Waals surface area contributed by atoms with Crippen LogP contribution >= 0.6 is 0 Å². The predicted octanol–water partition coefficient (Wildman–Crippen LogP) is 7.63. The van der Waals surface area contributed by atoms with E-state index in [0.717, 1.165) is 49.5 Å². The molecule has 0 saturated carbocycles. The van der Waals surface area contributed by atoms with Gasteiger partial charge in [-0.1, -0.05) is 76.6 Å². The first-order chi connectivity index (χ1) is 14.8. The van der Waals surface area contributed by atoms with Gasteiger partial charge in [0.05, 0.1) is 18.5 Å². The maximum atomic E-state index is 5.79. The third-order valence-electron chi connectivity index (χ3n) is 5.36. The van der Waals surface area contributed by atoms with Gasteiger partial charge in [-0.05, 0) is 49.8 Å². The summed E-state index contributed by atoms with van der Waals surface area (Å²) in [7, 11) is 0. The lowest BCUT2D eigenvalue weighted by molar-refractivity contribution is 0.127. The standard InChI is InChI=1S/C27H41NO2/c1-3-5-6-7-8-9-10-13-24-14-16-25(17-15-24)27-19-18-26(23-28-27)30-22-12-11-21-29-20-4-2/h14-19,23H,3-13,20-22H2,1-2H3. The first-order valence-corrected chi connectivity index (χ1v) is 12.1. The molecule has 0 aliphatic heterocycles. The van der Waals surface area contributed by atoms with Crippen molar-refractivity contribution >= 4 is 0 Å². The minimum absolute atomic E-state index is 0.712. The Labute approximate surface area is 184 Å². The van der Waals surface area contributed by atoms with E-state index in [0.29, 0.717) is 6.61 Å². The quantitative estimate of drug-likeness (QED) is 0.251. The molecule has 166 valence electrons. The van der Waals surface area contributed by atoms with Crippen molar-refractivity contribution in [2.75, 3.05) is 19.8 Å². The number of benzene rings is 1. The molecule has 0 radical (unpaired) electrons. The average Bonchev–Trinajstić information content (AvgIpc) is 2.79. The average molecular weight is 412 g/mol. The first kappa shape index (κ1) is 24.4. The zero-order valence-electron chi connectivity index (χ0n) is 19.2. The minimum Gasteiger partial charge on any atom is -0.492 e. The van der Waals surface area contributed by atoms with Crippen LogP contribution in [-0.2, 0) is 11.2 Å². The van der Waals surface area contributed by atoms with E-state index in [1.807, 2.05) is 18.3 Å². The highest BCUT2D eigenvalue weighted by Gasteiger charge is 2.02. The molecular formula is C27H41NO2. The van der Waals surface area contributed by atoms with Crippen LogP contribution < -0.4 is 4.74 Å². The van der Waals surface area contributed by atoms with Gasteiger partial charge >= 0.3 is 0 Å². The molecule has 0 unspecified atom stereocenters. The van der Waals surface area contributed by atoms with E-state index in [1.165, 1.54) is 56.9 Å². The van der Waals surface area contributed by atoms with Crippen LogP contribution in [0.1, 0.15) is 83.6 Å². The fourth-order valence-corrected chi connectivity index (χ4v) is 3.51. The van der Waals surface area contributed by atoms with Gasteiger partial charge in [-0.15, -0.1) is 0 Å². The second-order valence-corrected chi connectivity index (χ2v) is 8.12. The topological polar surface area (TPSA) is 31.4 Å². The van der Waals surface area contributed by atoms with Gasteiger partial charge in [0.1, 0.15) is 5.75 Å². The number of aryl methyl sites for hydroxylation is 1. The van der Waals surface area contributed by atoms with Gasteiger partial charge in [0, 0.05) is 18.8 Å². The molecule has 0 aliphatic carbocycles. The van der Waals surface area contributed by atoms with Gasteiger partial charge in [0.15, 0.2) is 0 Å². The number of rotatable bonds is 17. The molecule has 0 spiro atoms. The molecular weight excluding hydrogens is 370 g/mol. The van der Waals surface area contributed by atoms with E-state index in [9.17, 15) is 0 Å². The van der Waals surface area contributed by atoms with Crippen LogP contribution in [0.5, 0.6) is 5.75 Å². The van der Waals surface area contributed by atoms with E-state index in [2.05, 4.69) is 43.1 Å². The summed E-state index contributed by atoms with van der Waals surface area (Å²) in [5.41, 5.74) is 3.59. The van der Waals surface area contributed by atoms with Crippen LogP contribution in [0.25, 0.3) is 11.3 Å². The smallest absolute Gasteiger partial charge is 0.137 e. The number of nitrogens with zero attached hydrogens (tertiary/aromatic N) is 1. The lowest BCUT2D eigenvalue weighted by atomic mass is 10.0. The molecule has 0 saturated heterocycles. The molecule has 3 heteroatoms. The maximum Gasteiger partial charge on any atom is 0.137 e. The predicted molar refractivity (Wildman–Crippen MR) is 127 cm³/mol. The van der Waals surface area contributed by atoms with E-state index in [4.69, 9.17) is 9.47 Å². The number of hydrogen-bond donors (Lipinski definition) is 0. The van der Waals surface area contributed by atoms with Crippen molar-refractivity contribution in [1.29, 1.82) is 0 Å². The van der Waals surface area contributed by atoms with Crippen molar-refractivity contribution in [2.45, 2.75) is 84.5 Å². The molecule has 1 aromatic carbocycles. The lowest BCUT2D eigenvalue weighted by Gasteiger charge is -2.08. The van der Waals surface area contributed by atoms with Gasteiger partial charge in [0.2, 0.25) is 0 Å². The summed E-state index contributed by atoms with van der Waals surface area (Å²) in [6.07, 6.45) is 15.7.